The van der Waals surface area contributed by atoms with Gasteiger partial charge >= 0.3 is 0 Å². The molecule has 2 fully saturated rings. The van der Waals surface area contributed by atoms with Crippen LogP contribution in [0.2, 0.25) is 0 Å². The van der Waals surface area contributed by atoms with Crippen molar-refractivity contribution in [3.05, 3.63) is 77.9 Å². The minimum Gasteiger partial charge on any atom is -0.497 e. The van der Waals surface area contributed by atoms with Gasteiger partial charge < -0.3 is 28.7 Å². The lowest BCUT2D eigenvalue weighted by Crippen LogP contribution is -2.39. The number of hydrogen-bond donors (Lipinski definition) is 0. The summed E-state index contributed by atoms with van der Waals surface area (Å²) in [7, 11) is 3.48. The highest BCUT2D eigenvalue weighted by Gasteiger charge is 2.35. The minimum atomic E-state index is 0.155. The second-order valence-electron chi connectivity index (χ2n) is 9.27. The Morgan fingerprint density at radius 1 is 0.917 bits per heavy atom. The molecule has 1 aromatic heterocycles. The van der Waals surface area contributed by atoms with E-state index in [4.69, 9.17) is 23.9 Å². The van der Waals surface area contributed by atoms with Crippen LogP contribution in [0.25, 0.3) is 0 Å². The monoisotopic (exact) mass is 489 g/mol. The lowest BCUT2D eigenvalue weighted by molar-refractivity contribution is 0.0953. The summed E-state index contributed by atoms with van der Waals surface area (Å²) in [6, 6.07) is 23.0. The van der Waals surface area contributed by atoms with Crippen LogP contribution in [0.3, 0.4) is 0 Å². The molecule has 0 amide bonds. The summed E-state index contributed by atoms with van der Waals surface area (Å²) in [5.41, 5.74) is 3.49. The first kappa shape index (κ1) is 24.4. The second-order valence-corrected chi connectivity index (χ2v) is 9.27. The molecule has 0 unspecified atom stereocenters. The molecule has 190 valence electrons. The fraction of sp³-hybridized carbons (Fsp3) is 0.414. The molecule has 2 atom stereocenters. The van der Waals surface area contributed by atoms with Crippen molar-refractivity contribution >= 4 is 11.5 Å². The molecule has 5 rings (SSSR count). The molecule has 0 aliphatic carbocycles. The lowest BCUT2D eigenvalue weighted by Gasteiger charge is -2.32. The van der Waals surface area contributed by atoms with E-state index in [1.807, 2.05) is 31.4 Å². The maximum Gasteiger partial charge on any atom is 0.217 e. The Bertz CT molecular complexity index is 1100. The van der Waals surface area contributed by atoms with E-state index in [0.717, 1.165) is 68.5 Å². The van der Waals surface area contributed by atoms with Gasteiger partial charge in [-0.2, -0.15) is 4.98 Å². The van der Waals surface area contributed by atoms with Gasteiger partial charge in [0, 0.05) is 44.6 Å². The standard InChI is InChI=1S/C29H35N3O4/c1-33-25-10-8-23(9-11-25)21-36-29-20-24(31-14-16-35-17-15-31)19-28(30-29)32-13-12-27(34-2)26(32)18-22-6-4-3-5-7-22/h3-11,19-20,26-27H,12-18,21H2,1-2H3/t26-,27+/m0/s1. The number of ether oxygens (including phenoxy) is 4. The highest BCUT2D eigenvalue weighted by atomic mass is 16.5. The van der Waals surface area contributed by atoms with Crippen LogP contribution in [0.4, 0.5) is 11.5 Å². The molecular weight excluding hydrogens is 454 g/mol. The summed E-state index contributed by atoms with van der Waals surface area (Å²) in [5, 5.41) is 0. The maximum absolute atomic E-state index is 6.24. The number of morpholine rings is 1. The van der Waals surface area contributed by atoms with Gasteiger partial charge in [-0.25, -0.2) is 0 Å². The van der Waals surface area contributed by atoms with Crippen molar-refractivity contribution in [1.82, 2.24) is 4.98 Å². The van der Waals surface area contributed by atoms with Crippen molar-refractivity contribution in [3.8, 4) is 11.6 Å². The van der Waals surface area contributed by atoms with E-state index < -0.39 is 0 Å². The number of nitrogens with zero attached hydrogens (tertiary/aromatic N) is 3. The van der Waals surface area contributed by atoms with Crippen molar-refractivity contribution in [2.75, 3.05) is 56.9 Å². The second kappa shape index (κ2) is 11.6. The molecule has 0 bridgehead atoms. The third-order valence-electron chi connectivity index (χ3n) is 7.06. The van der Waals surface area contributed by atoms with Crippen LogP contribution in [-0.2, 0) is 22.5 Å². The molecule has 2 aliphatic rings. The average Bonchev–Trinajstić information content (AvgIpc) is 3.35. The van der Waals surface area contributed by atoms with Crippen molar-refractivity contribution in [1.29, 1.82) is 0 Å². The quantitative estimate of drug-likeness (QED) is 0.443. The Balaban J connectivity index is 1.42. The number of rotatable bonds is 9. The van der Waals surface area contributed by atoms with E-state index in [2.05, 4.69) is 52.3 Å². The van der Waals surface area contributed by atoms with E-state index >= 15 is 0 Å². The van der Waals surface area contributed by atoms with E-state index in [1.54, 1.807) is 7.11 Å². The molecule has 7 heteroatoms. The van der Waals surface area contributed by atoms with E-state index in [0.29, 0.717) is 12.5 Å². The molecule has 0 spiro atoms. The van der Waals surface area contributed by atoms with E-state index in [9.17, 15) is 0 Å². The summed E-state index contributed by atoms with van der Waals surface area (Å²) >= 11 is 0. The van der Waals surface area contributed by atoms with Crippen LogP contribution < -0.4 is 19.3 Å². The van der Waals surface area contributed by atoms with Gasteiger partial charge in [0.15, 0.2) is 0 Å². The molecule has 3 aromatic rings. The molecule has 0 N–H and O–H groups in total. The summed E-state index contributed by atoms with van der Waals surface area (Å²) in [6.07, 6.45) is 2.03. The summed E-state index contributed by atoms with van der Waals surface area (Å²) in [6.45, 7) is 4.51. The summed E-state index contributed by atoms with van der Waals surface area (Å²) in [5.74, 6) is 2.40. The number of hydrogen-bond acceptors (Lipinski definition) is 7. The van der Waals surface area contributed by atoms with Crippen LogP contribution in [0.15, 0.2) is 66.7 Å². The number of pyridine rings is 1. The Hall–Kier alpha value is -3.29. The third kappa shape index (κ3) is 5.74. The van der Waals surface area contributed by atoms with Crippen molar-refractivity contribution in [3.63, 3.8) is 0 Å². The highest BCUT2D eigenvalue weighted by Crippen LogP contribution is 2.33. The van der Waals surface area contributed by atoms with E-state index in [1.165, 1.54) is 5.56 Å². The zero-order chi connectivity index (χ0) is 24.7. The minimum absolute atomic E-state index is 0.155. The number of aromatic nitrogens is 1. The Morgan fingerprint density at radius 3 is 2.42 bits per heavy atom. The molecule has 3 heterocycles. The highest BCUT2D eigenvalue weighted by molar-refractivity contribution is 5.59. The third-order valence-corrected chi connectivity index (χ3v) is 7.06. The van der Waals surface area contributed by atoms with Gasteiger partial charge in [-0.1, -0.05) is 42.5 Å². The fourth-order valence-corrected chi connectivity index (χ4v) is 5.06. The predicted octanol–water partition coefficient (Wildman–Crippen LogP) is 4.34. The number of benzene rings is 2. The zero-order valence-corrected chi connectivity index (χ0v) is 21.1. The topological polar surface area (TPSA) is 56.3 Å². The van der Waals surface area contributed by atoms with Gasteiger partial charge in [0.25, 0.3) is 0 Å². The van der Waals surface area contributed by atoms with Gasteiger partial charge in [-0.15, -0.1) is 0 Å². The number of methoxy groups -OCH3 is 2. The largest absolute Gasteiger partial charge is 0.497 e. The number of anilines is 2. The molecule has 2 aromatic carbocycles. The Labute approximate surface area is 213 Å². The molecule has 2 aliphatic heterocycles. The first-order chi connectivity index (χ1) is 17.7. The van der Waals surface area contributed by atoms with Gasteiger partial charge in [0.2, 0.25) is 5.88 Å². The van der Waals surface area contributed by atoms with Crippen LogP contribution in [0.5, 0.6) is 11.6 Å². The summed E-state index contributed by atoms with van der Waals surface area (Å²) in [4.78, 5) is 9.73. The zero-order valence-electron chi connectivity index (χ0n) is 21.1. The Morgan fingerprint density at radius 2 is 1.69 bits per heavy atom. The molecule has 0 saturated carbocycles. The molecule has 2 saturated heterocycles. The predicted molar refractivity (Wildman–Crippen MR) is 141 cm³/mol. The average molecular weight is 490 g/mol. The van der Waals surface area contributed by atoms with Gasteiger partial charge in [0.05, 0.1) is 32.5 Å². The SMILES string of the molecule is COc1ccc(COc2cc(N3CCOCC3)cc(N3CC[C@@H](OC)[C@@H]3Cc3ccccc3)n2)cc1. The lowest BCUT2D eigenvalue weighted by atomic mass is 10.0. The van der Waals surface area contributed by atoms with Crippen LogP contribution >= 0.6 is 0 Å². The molecule has 0 radical (unpaired) electrons. The molecular formula is C29H35N3O4. The van der Waals surface area contributed by atoms with Crippen molar-refractivity contribution in [2.45, 2.75) is 31.6 Å². The van der Waals surface area contributed by atoms with Crippen LogP contribution in [0, 0.1) is 0 Å². The normalized spacial score (nSPS) is 19.9. The fourth-order valence-electron chi connectivity index (χ4n) is 5.06. The smallest absolute Gasteiger partial charge is 0.217 e. The maximum atomic E-state index is 6.24. The van der Waals surface area contributed by atoms with Crippen molar-refractivity contribution < 1.29 is 18.9 Å². The Kier molecular flexibility index (Phi) is 7.88. The van der Waals surface area contributed by atoms with Gasteiger partial charge in [-0.05, 0) is 36.1 Å². The van der Waals surface area contributed by atoms with Crippen LogP contribution in [0.1, 0.15) is 17.5 Å². The summed E-state index contributed by atoms with van der Waals surface area (Å²) < 4.78 is 23.0. The van der Waals surface area contributed by atoms with E-state index in [-0.39, 0.29) is 12.1 Å². The molecule has 7 nitrogen and oxygen atoms in total. The van der Waals surface area contributed by atoms with Gasteiger partial charge in [-0.3, -0.25) is 0 Å². The first-order valence-electron chi connectivity index (χ1n) is 12.7. The van der Waals surface area contributed by atoms with Gasteiger partial charge in [0.1, 0.15) is 18.2 Å². The first-order valence-corrected chi connectivity index (χ1v) is 12.7. The molecule has 36 heavy (non-hydrogen) atoms. The van der Waals surface area contributed by atoms with Crippen molar-refractivity contribution in [2.24, 2.45) is 0 Å². The van der Waals surface area contributed by atoms with Crippen LogP contribution in [-0.4, -0.2) is 64.2 Å².